The van der Waals surface area contributed by atoms with Gasteiger partial charge in [-0.1, -0.05) is 32.0 Å². The minimum Gasteiger partial charge on any atom is -0.370 e. The molecule has 0 aliphatic heterocycles. The molecular weight excluding hydrogens is 291 g/mol. The van der Waals surface area contributed by atoms with E-state index in [-0.39, 0.29) is 5.82 Å². The standard InChI is InChI=1S/C18H25FN4/c1-13(2)8-10-21-18-22-14(3)12-17(23-18)20-11-9-15-6-4-5-7-16(15)19/h4-7,12-13H,8-11H2,1-3H3,(H2,20,21,22,23). The van der Waals surface area contributed by atoms with E-state index >= 15 is 0 Å². The van der Waals surface area contributed by atoms with Crippen LogP contribution in [-0.2, 0) is 6.42 Å². The quantitative estimate of drug-likeness (QED) is 0.772. The van der Waals surface area contributed by atoms with E-state index in [1.54, 1.807) is 12.1 Å². The summed E-state index contributed by atoms with van der Waals surface area (Å²) >= 11 is 0. The van der Waals surface area contributed by atoms with Gasteiger partial charge >= 0.3 is 0 Å². The number of nitrogens with one attached hydrogen (secondary N) is 2. The van der Waals surface area contributed by atoms with Crippen LogP contribution in [0.15, 0.2) is 30.3 Å². The maximum Gasteiger partial charge on any atom is 0.224 e. The average molecular weight is 316 g/mol. The van der Waals surface area contributed by atoms with Crippen molar-refractivity contribution in [3.63, 3.8) is 0 Å². The number of rotatable bonds is 8. The summed E-state index contributed by atoms with van der Waals surface area (Å²) < 4.78 is 13.6. The topological polar surface area (TPSA) is 49.8 Å². The first-order valence-electron chi connectivity index (χ1n) is 8.11. The second-order valence-electron chi connectivity index (χ2n) is 6.10. The van der Waals surface area contributed by atoms with Gasteiger partial charge in [0.1, 0.15) is 11.6 Å². The number of hydrogen-bond acceptors (Lipinski definition) is 4. The zero-order valence-corrected chi connectivity index (χ0v) is 14.1. The van der Waals surface area contributed by atoms with E-state index in [1.165, 1.54) is 6.07 Å². The lowest BCUT2D eigenvalue weighted by Gasteiger charge is -2.11. The van der Waals surface area contributed by atoms with Gasteiger partial charge in [0.15, 0.2) is 0 Å². The Bertz CT molecular complexity index is 628. The molecular formula is C18H25FN4. The second-order valence-corrected chi connectivity index (χ2v) is 6.10. The van der Waals surface area contributed by atoms with Gasteiger partial charge in [0.05, 0.1) is 0 Å². The molecule has 0 amide bonds. The number of anilines is 2. The third-order valence-electron chi connectivity index (χ3n) is 3.52. The normalized spacial score (nSPS) is 10.8. The molecule has 5 heteroatoms. The molecule has 1 aromatic heterocycles. The first-order chi connectivity index (χ1) is 11.0. The van der Waals surface area contributed by atoms with Crippen molar-refractivity contribution in [1.29, 1.82) is 0 Å². The molecule has 0 aliphatic carbocycles. The molecule has 0 atom stereocenters. The molecule has 0 fully saturated rings. The van der Waals surface area contributed by atoms with E-state index in [2.05, 4.69) is 34.4 Å². The lowest BCUT2D eigenvalue weighted by Crippen LogP contribution is -2.12. The first kappa shape index (κ1) is 17.2. The fraction of sp³-hybridized carbons (Fsp3) is 0.444. The van der Waals surface area contributed by atoms with Gasteiger partial charge < -0.3 is 10.6 Å². The monoisotopic (exact) mass is 316 g/mol. The fourth-order valence-electron chi connectivity index (χ4n) is 2.24. The summed E-state index contributed by atoms with van der Waals surface area (Å²) in [4.78, 5) is 8.85. The summed E-state index contributed by atoms with van der Waals surface area (Å²) in [5, 5.41) is 6.50. The van der Waals surface area contributed by atoms with Crippen LogP contribution in [0, 0.1) is 18.7 Å². The molecule has 2 rings (SSSR count). The van der Waals surface area contributed by atoms with E-state index in [0.29, 0.717) is 30.4 Å². The first-order valence-corrected chi connectivity index (χ1v) is 8.11. The predicted octanol–water partition coefficient (Wildman–Crippen LogP) is 4.04. The molecule has 1 aromatic carbocycles. The van der Waals surface area contributed by atoms with Crippen LogP contribution in [-0.4, -0.2) is 23.1 Å². The van der Waals surface area contributed by atoms with Crippen LogP contribution in [0.5, 0.6) is 0 Å². The molecule has 0 radical (unpaired) electrons. The highest BCUT2D eigenvalue weighted by Gasteiger charge is 2.04. The number of hydrogen-bond donors (Lipinski definition) is 2. The van der Waals surface area contributed by atoms with E-state index in [9.17, 15) is 4.39 Å². The van der Waals surface area contributed by atoms with E-state index in [0.717, 1.165) is 24.5 Å². The molecule has 0 aliphatic rings. The highest BCUT2D eigenvalue weighted by atomic mass is 19.1. The number of nitrogens with zero attached hydrogens (tertiary/aromatic N) is 2. The SMILES string of the molecule is Cc1cc(NCCc2ccccc2F)nc(NCCC(C)C)n1. The third-order valence-corrected chi connectivity index (χ3v) is 3.52. The van der Waals surface area contributed by atoms with Gasteiger partial charge in [-0.2, -0.15) is 4.98 Å². The number of aromatic nitrogens is 2. The van der Waals surface area contributed by atoms with Gasteiger partial charge in [0.25, 0.3) is 0 Å². The van der Waals surface area contributed by atoms with Gasteiger partial charge in [-0.3, -0.25) is 0 Å². The highest BCUT2D eigenvalue weighted by molar-refractivity contribution is 5.42. The molecule has 4 nitrogen and oxygen atoms in total. The summed E-state index contributed by atoms with van der Waals surface area (Å²) in [7, 11) is 0. The van der Waals surface area contributed by atoms with E-state index in [4.69, 9.17) is 0 Å². The molecule has 1 heterocycles. The zero-order chi connectivity index (χ0) is 16.7. The van der Waals surface area contributed by atoms with Crippen molar-refractivity contribution >= 4 is 11.8 Å². The molecule has 2 aromatic rings. The van der Waals surface area contributed by atoms with Gasteiger partial charge in [0, 0.05) is 24.8 Å². The Morgan fingerprint density at radius 3 is 2.61 bits per heavy atom. The lowest BCUT2D eigenvalue weighted by molar-refractivity contribution is 0.605. The fourth-order valence-corrected chi connectivity index (χ4v) is 2.24. The second kappa shape index (κ2) is 8.46. The maximum absolute atomic E-state index is 13.6. The summed E-state index contributed by atoms with van der Waals surface area (Å²) in [5.41, 5.74) is 1.61. The lowest BCUT2D eigenvalue weighted by atomic mass is 10.1. The Labute approximate surface area is 137 Å². The molecule has 124 valence electrons. The van der Waals surface area contributed by atoms with Crippen molar-refractivity contribution in [3.05, 3.63) is 47.4 Å². The van der Waals surface area contributed by atoms with Crippen molar-refractivity contribution < 1.29 is 4.39 Å². The van der Waals surface area contributed by atoms with Crippen molar-refractivity contribution in [1.82, 2.24) is 9.97 Å². The molecule has 0 unspecified atom stereocenters. The van der Waals surface area contributed by atoms with E-state index < -0.39 is 0 Å². The van der Waals surface area contributed by atoms with Gasteiger partial charge in [0.2, 0.25) is 5.95 Å². The number of aryl methyl sites for hydroxylation is 1. The van der Waals surface area contributed by atoms with Crippen LogP contribution in [0.4, 0.5) is 16.2 Å². The summed E-state index contributed by atoms with van der Waals surface area (Å²) in [6.07, 6.45) is 1.69. The van der Waals surface area contributed by atoms with Crippen LogP contribution < -0.4 is 10.6 Å². The zero-order valence-electron chi connectivity index (χ0n) is 14.1. The predicted molar refractivity (Wildman–Crippen MR) is 93.3 cm³/mol. The molecule has 0 saturated carbocycles. The van der Waals surface area contributed by atoms with Crippen LogP contribution in [0.3, 0.4) is 0 Å². The molecule has 2 N–H and O–H groups in total. The highest BCUT2D eigenvalue weighted by Crippen LogP contribution is 2.12. The third kappa shape index (κ3) is 5.85. The maximum atomic E-state index is 13.6. The van der Waals surface area contributed by atoms with Crippen LogP contribution in [0.2, 0.25) is 0 Å². The van der Waals surface area contributed by atoms with Gasteiger partial charge in [-0.05, 0) is 37.3 Å². The Morgan fingerprint density at radius 2 is 1.87 bits per heavy atom. The minimum absolute atomic E-state index is 0.163. The largest absolute Gasteiger partial charge is 0.370 e. The van der Waals surface area contributed by atoms with Gasteiger partial charge in [-0.15, -0.1) is 0 Å². The molecule has 0 saturated heterocycles. The summed E-state index contributed by atoms with van der Waals surface area (Å²) in [5.74, 6) is 1.88. The summed E-state index contributed by atoms with van der Waals surface area (Å²) in [6, 6.07) is 8.75. The van der Waals surface area contributed by atoms with Crippen LogP contribution in [0.1, 0.15) is 31.5 Å². The van der Waals surface area contributed by atoms with Crippen molar-refractivity contribution in [2.24, 2.45) is 5.92 Å². The Kier molecular flexibility index (Phi) is 6.32. The number of benzene rings is 1. The number of halogens is 1. The van der Waals surface area contributed by atoms with Crippen molar-refractivity contribution in [3.8, 4) is 0 Å². The minimum atomic E-state index is -0.163. The Hall–Kier alpha value is -2.17. The molecule has 23 heavy (non-hydrogen) atoms. The summed E-state index contributed by atoms with van der Waals surface area (Å²) in [6.45, 7) is 7.80. The van der Waals surface area contributed by atoms with Gasteiger partial charge in [-0.25, -0.2) is 9.37 Å². The smallest absolute Gasteiger partial charge is 0.224 e. The van der Waals surface area contributed by atoms with E-state index in [1.807, 2.05) is 19.1 Å². The van der Waals surface area contributed by atoms with Crippen molar-refractivity contribution in [2.75, 3.05) is 23.7 Å². The molecule has 0 bridgehead atoms. The Balaban J connectivity index is 1.89. The Morgan fingerprint density at radius 1 is 1.09 bits per heavy atom. The van der Waals surface area contributed by atoms with Crippen LogP contribution in [0.25, 0.3) is 0 Å². The van der Waals surface area contributed by atoms with Crippen LogP contribution >= 0.6 is 0 Å². The van der Waals surface area contributed by atoms with Crippen molar-refractivity contribution in [2.45, 2.75) is 33.6 Å². The average Bonchev–Trinajstić information content (AvgIpc) is 2.48. The molecule has 0 spiro atoms.